The molecular weight excluding hydrogens is 180 g/mol. The first kappa shape index (κ1) is 13.9. The van der Waals surface area contributed by atoms with E-state index in [0.717, 1.165) is 19.4 Å². The van der Waals surface area contributed by atoms with E-state index in [1.165, 1.54) is 6.42 Å². The lowest BCUT2D eigenvalue weighted by atomic mass is 10.3. The van der Waals surface area contributed by atoms with Crippen LogP contribution in [0.25, 0.3) is 0 Å². The number of aliphatic hydroxyl groups excluding tert-OH is 1. The molecule has 1 unspecified atom stereocenters. The number of hydrogen-bond acceptors (Lipinski definition) is 3. The second-order valence-electron chi connectivity index (χ2n) is 3.41. The van der Waals surface area contributed by atoms with E-state index in [9.17, 15) is 0 Å². The van der Waals surface area contributed by atoms with E-state index in [1.807, 2.05) is 0 Å². The van der Waals surface area contributed by atoms with Gasteiger partial charge in [-0.05, 0) is 19.3 Å². The zero-order valence-corrected chi connectivity index (χ0v) is 9.50. The molecule has 3 nitrogen and oxygen atoms in total. The van der Waals surface area contributed by atoms with Crippen LogP contribution < -0.4 is 0 Å². The van der Waals surface area contributed by atoms with Gasteiger partial charge in [0.05, 0.1) is 12.7 Å². The van der Waals surface area contributed by atoms with Crippen LogP contribution in [0.3, 0.4) is 0 Å². The topological polar surface area (TPSA) is 38.7 Å². The first-order valence-corrected chi connectivity index (χ1v) is 5.65. The number of hydrogen-bond donors (Lipinski definition) is 1. The summed E-state index contributed by atoms with van der Waals surface area (Å²) in [5, 5.41) is 8.55. The smallest absolute Gasteiger partial charge is 0.0805 e. The summed E-state index contributed by atoms with van der Waals surface area (Å²) in [7, 11) is 0. The quantitative estimate of drug-likeness (QED) is 0.553. The van der Waals surface area contributed by atoms with Crippen molar-refractivity contribution in [2.45, 2.75) is 45.6 Å². The van der Waals surface area contributed by atoms with Gasteiger partial charge in [0.2, 0.25) is 0 Å². The highest BCUT2D eigenvalue weighted by Gasteiger charge is 2.05. The fourth-order valence-electron chi connectivity index (χ4n) is 1.06. The van der Waals surface area contributed by atoms with Crippen molar-refractivity contribution in [3.8, 4) is 0 Å². The maximum Gasteiger partial charge on any atom is 0.0805 e. The van der Waals surface area contributed by atoms with Crippen molar-refractivity contribution >= 4 is 0 Å². The molecule has 0 aliphatic carbocycles. The van der Waals surface area contributed by atoms with Crippen LogP contribution in [-0.2, 0) is 9.47 Å². The summed E-state index contributed by atoms with van der Waals surface area (Å²) in [6, 6.07) is 0. The van der Waals surface area contributed by atoms with Gasteiger partial charge in [0.15, 0.2) is 0 Å². The highest BCUT2D eigenvalue weighted by atomic mass is 16.5. The van der Waals surface area contributed by atoms with Gasteiger partial charge in [0, 0.05) is 19.8 Å². The van der Waals surface area contributed by atoms with Gasteiger partial charge < -0.3 is 14.6 Å². The van der Waals surface area contributed by atoms with E-state index in [2.05, 4.69) is 13.8 Å². The Balaban J connectivity index is 3.28. The van der Waals surface area contributed by atoms with Crippen LogP contribution in [-0.4, -0.2) is 37.6 Å². The molecule has 0 heterocycles. The molecule has 86 valence electrons. The number of aliphatic hydroxyl groups is 1. The molecule has 0 fully saturated rings. The Labute approximate surface area is 87.4 Å². The Morgan fingerprint density at radius 1 is 1.14 bits per heavy atom. The molecule has 0 aromatic rings. The van der Waals surface area contributed by atoms with Crippen molar-refractivity contribution in [3.05, 3.63) is 0 Å². The molecule has 0 aromatic heterocycles. The lowest BCUT2D eigenvalue weighted by molar-refractivity contribution is -0.0212. The van der Waals surface area contributed by atoms with E-state index in [-0.39, 0.29) is 12.7 Å². The fourth-order valence-corrected chi connectivity index (χ4v) is 1.06. The van der Waals surface area contributed by atoms with E-state index < -0.39 is 0 Å². The van der Waals surface area contributed by atoms with E-state index in [4.69, 9.17) is 14.6 Å². The highest BCUT2D eigenvalue weighted by molar-refractivity contribution is 4.53. The summed E-state index contributed by atoms with van der Waals surface area (Å²) >= 11 is 0. The third kappa shape index (κ3) is 8.48. The molecule has 1 N–H and O–H groups in total. The lowest BCUT2D eigenvalue weighted by Gasteiger charge is -2.15. The van der Waals surface area contributed by atoms with Crippen molar-refractivity contribution in [3.63, 3.8) is 0 Å². The highest BCUT2D eigenvalue weighted by Crippen LogP contribution is 2.01. The molecule has 0 aliphatic rings. The molecule has 0 radical (unpaired) electrons. The molecule has 0 aliphatic heterocycles. The predicted octanol–water partition coefficient (Wildman–Crippen LogP) is 1.98. The zero-order valence-electron chi connectivity index (χ0n) is 9.50. The minimum absolute atomic E-state index is 0.202. The normalized spacial score (nSPS) is 13.1. The van der Waals surface area contributed by atoms with Crippen molar-refractivity contribution < 1.29 is 14.6 Å². The SMILES string of the molecule is CCCCOC(CC)COCCCO. The standard InChI is InChI=1S/C11H24O3/c1-3-5-9-14-11(4-2)10-13-8-6-7-12/h11-12H,3-10H2,1-2H3. The Morgan fingerprint density at radius 2 is 1.93 bits per heavy atom. The summed E-state index contributed by atoms with van der Waals surface area (Å²) in [6.45, 7) is 6.57. The van der Waals surface area contributed by atoms with Crippen molar-refractivity contribution in [2.24, 2.45) is 0 Å². The van der Waals surface area contributed by atoms with Crippen LogP contribution >= 0.6 is 0 Å². The lowest BCUT2D eigenvalue weighted by Crippen LogP contribution is -2.20. The molecule has 1 atom stereocenters. The van der Waals surface area contributed by atoms with Crippen LogP contribution in [0.15, 0.2) is 0 Å². The van der Waals surface area contributed by atoms with Gasteiger partial charge in [0.25, 0.3) is 0 Å². The van der Waals surface area contributed by atoms with Crippen LogP contribution in [0.1, 0.15) is 39.5 Å². The summed E-state index contributed by atoms with van der Waals surface area (Å²) < 4.78 is 11.0. The number of ether oxygens (including phenoxy) is 2. The third-order valence-electron chi connectivity index (χ3n) is 2.06. The van der Waals surface area contributed by atoms with Gasteiger partial charge in [-0.25, -0.2) is 0 Å². The minimum Gasteiger partial charge on any atom is -0.396 e. The molecule has 0 aromatic carbocycles. The van der Waals surface area contributed by atoms with E-state index in [0.29, 0.717) is 19.6 Å². The third-order valence-corrected chi connectivity index (χ3v) is 2.06. The Kier molecular flexibility index (Phi) is 10.9. The Morgan fingerprint density at radius 3 is 2.50 bits per heavy atom. The fraction of sp³-hybridized carbons (Fsp3) is 1.00. The van der Waals surface area contributed by atoms with Crippen molar-refractivity contribution in [1.29, 1.82) is 0 Å². The van der Waals surface area contributed by atoms with Gasteiger partial charge >= 0.3 is 0 Å². The van der Waals surface area contributed by atoms with Gasteiger partial charge in [-0.3, -0.25) is 0 Å². The summed E-state index contributed by atoms with van der Waals surface area (Å²) in [6.07, 6.45) is 4.21. The average Bonchev–Trinajstić information content (AvgIpc) is 2.22. The number of rotatable bonds is 10. The second-order valence-corrected chi connectivity index (χ2v) is 3.41. The van der Waals surface area contributed by atoms with Gasteiger partial charge in [-0.2, -0.15) is 0 Å². The summed E-state index contributed by atoms with van der Waals surface area (Å²) in [4.78, 5) is 0. The van der Waals surface area contributed by atoms with Crippen LogP contribution in [0.4, 0.5) is 0 Å². The Hall–Kier alpha value is -0.120. The Bertz CT molecular complexity index is 107. The van der Waals surface area contributed by atoms with Gasteiger partial charge in [-0.1, -0.05) is 20.3 Å². The van der Waals surface area contributed by atoms with Crippen LogP contribution in [0, 0.1) is 0 Å². The molecule has 0 rings (SSSR count). The molecule has 0 spiro atoms. The van der Waals surface area contributed by atoms with Crippen molar-refractivity contribution in [1.82, 2.24) is 0 Å². The van der Waals surface area contributed by atoms with Crippen LogP contribution in [0.2, 0.25) is 0 Å². The van der Waals surface area contributed by atoms with Crippen LogP contribution in [0.5, 0.6) is 0 Å². The molecular formula is C11H24O3. The zero-order chi connectivity index (χ0) is 10.6. The summed E-state index contributed by atoms with van der Waals surface area (Å²) in [5.74, 6) is 0. The predicted molar refractivity (Wildman–Crippen MR) is 57.5 cm³/mol. The maximum atomic E-state index is 8.55. The first-order chi connectivity index (χ1) is 6.85. The van der Waals surface area contributed by atoms with Crippen molar-refractivity contribution in [2.75, 3.05) is 26.4 Å². The first-order valence-electron chi connectivity index (χ1n) is 5.65. The average molecular weight is 204 g/mol. The maximum absolute atomic E-state index is 8.55. The summed E-state index contributed by atoms with van der Waals surface area (Å²) in [5.41, 5.74) is 0. The largest absolute Gasteiger partial charge is 0.396 e. The molecule has 0 saturated heterocycles. The molecule has 0 saturated carbocycles. The molecule has 0 bridgehead atoms. The van der Waals surface area contributed by atoms with E-state index in [1.54, 1.807) is 0 Å². The molecule has 14 heavy (non-hydrogen) atoms. The van der Waals surface area contributed by atoms with Gasteiger partial charge in [-0.15, -0.1) is 0 Å². The molecule has 3 heteroatoms. The monoisotopic (exact) mass is 204 g/mol. The van der Waals surface area contributed by atoms with Gasteiger partial charge in [0.1, 0.15) is 0 Å². The minimum atomic E-state index is 0.202. The van der Waals surface area contributed by atoms with E-state index >= 15 is 0 Å². The second kappa shape index (κ2) is 11.0. The number of unbranched alkanes of at least 4 members (excludes halogenated alkanes) is 1. The molecule has 0 amide bonds.